The molecule has 0 unspecified atom stereocenters. The van der Waals surface area contributed by atoms with Crippen LogP contribution in [0.25, 0.3) is 0 Å². The van der Waals surface area contributed by atoms with Gasteiger partial charge in [-0.2, -0.15) is 4.37 Å². The number of nitrogens with zero attached hydrogens (tertiary/aromatic N) is 4. The van der Waals surface area contributed by atoms with Crippen molar-refractivity contribution in [1.82, 2.24) is 9.36 Å². The van der Waals surface area contributed by atoms with Crippen molar-refractivity contribution in [2.45, 2.75) is 45.1 Å². The summed E-state index contributed by atoms with van der Waals surface area (Å²) in [5.41, 5.74) is 2.57. The number of rotatable bonds is 4. The van der Waals surface area contributed by atoms with E-state index in [1.165, 1.54) is 22.9 Å². The van der Waals surface area contributed by atoms with Gasteiger partial charge < -0.3 is 15.1 Å². The fourth-order valence-corrected chi connectivity index (χ4v) is 3.84. The monoisotopic (exact) mass is 359 g/mol. The third-order valence-electron chi connectivity index (χ3n) is 4.65. The minimum atomic E-state index is 0.0124. The summed E-state index contributed by atoms with van der Waals surface area (Å²) in [5, 5.41) is 4.54. The fraction of sp³-hybridized carbons (Fsp3) is 0.579. The maximum absolute atomic E-state index is 4.66. The Labute approximate surface area is 155 Å². The van der Waals surface area contributed by atoms with Gasteiger partial charge in [0, 0.05) is 61.5 Å². The van der Waals surface area contributed by atoms with Crippen LogP contribution in [0.3, 0.4) is 0 Å². The molecule has 5 nitrogen and oxygen atoms in total. The molecule has 1 N–H and O–H groups in total. The predicted octanol–water partition coefficient (Wildman–Crippen LogP) is 3.98. The van der Waals surface area contributed by atoms with Crippen molar-refractivity contribution >= 4 is 28.0 Å². The topological polar surface area (TPSA) is 44.3 Å². The third kappa shape index (κ3) is 4.42. The van der Waals surface area contributed by atoms with Gasteiger partial charge in [0.1, 0.15) is 5.82 Å². The quantitative estimate of drug-likeness (QED) is 0.894. The normalized spacial score (nSPS) is 16.1. The van der Waals surface area contributed by atoms with Crippen LogP contribution in [0.5, 0.6) is 0 Å². The smallest absolute Gasteiger partial charge is 0.202 e. The Bertz CT molecular complexity index is 679. The van der Waals surface area contributed by atoms with E-state index in [0.29, 0.717) is 6.04 Å². The van der Waals surface area contributed by atoms with Crippen molar-refractivity contribution < 1.29 is 0 Å². The number of hydrogen-bond acceptors (Lipinski definition) is 6. The number of hydrogen-bond donors (Lipinski definition) is 1. The molecule has 25 heavy (non-hydrogen) atoms. The van der Waals surface area contributed by atoms with Crippen LogP contribution in [0, 0.1) is 0 Å². The summed E-state index contributed by atoms with van der Waals surface area (Å²) in [6.07, 6.45) is 2.25. The molecule has 136 valence electrons. The molecular formula is C19H29N5S. The molecule has 0 saturated carbocycles. The van der Waals surface area contributed by atoms with Gasteiger partial charge in [0.25, 0.3) is 0 Å². The van der Waals surface area contributed by atoms with Crippen LogP contribution in [-0.4, -0.2) is 42.6 Å². The highest BCUT2D eigenvalue weighted by Gasteiger charge is 2.23. The summed E-state index contributed by atoms with van der Waals surface area (Å²) in [5.74, 6) is 0.929. The molecule has 0 spiro atoms. The average Bonchev–Trinajstić information content (AvgIpc) is 3.04. The van der Waals surface area contributed by atoms with Crippen LogP contribution in [0.4, 0.5) is 16.5 Å². The lowest BCUT2D eigenvalue weighted by Gasteiger charge is -2.34. The second-order valence-electron chi connectivity index (χ2n) is 7.99. The van der Waals surface area contributed by atoms with E-state index in [1.807, 2.05) is 0 Å². The Morgan fingerprint density at radius 1 is 1.12 bits per heavy atom. The largest absolute Gasteiger partial charge is 0.378 e. The van der Waals surface area contributed by atoms with Crippen LogP contribution in [0.1, 0.15) is 39.4 Å². The van der Waals surface area contributed by atoms with Gasteiger partial charge in [-0.1, -0.05) is 20.8 Å². The van der Waals surface area contributed by atoms with E-state index in [9.17, 15) is 0 Å². The first-order valence-electron chi connectivity index (χ1n) is 8.96. The van der Waals surface area contributed by atoms with Crippen LogP contribution in [0.15, 0.2) is 24.3 Å². The number of anilines is 3. The maximum atomic E-state index is 4.66. The van der Waals surface area contributed by atoms with Gasteiger partial charge >= 0.3 is 0 Å². The third-order valence-corrected chi connectivity index (χ3v) is 5.30. The van der Waals surface area contributed by atoms with Gasteiger partial charge in [-0.3, -0.25) is 0 Å². The van der Waals surface area contributed by atoms with Gasteiger partial charge in [0.2, 0.25) is 5.13 Å². The summed E-state index contributed by atoms with van der Waals surface area (Å²) >= 11 is 1.48. The van der Waals surface area contributed by atoms with Crippen molar-refractivity contribution in [3.63, 3.8) is 0 Å². The minimum Gasteiger partial charge on any atom is -0.378 e. The molecule has 3 rings (SSSR count). The molecule has 0 aliphatic carbocycles. The Hall–Kier alpha value is -1.82. The second kappa shape index (κ2) is 7.20. The van der Waals surface area contributed by atoms with E-state index in [0.717, 1.165) is 36.9 Å². The first-order valence-corrected chi connectivity index (χ1v) is 9.73. The molecule has 2 heterocycles. The van der Waals surface area contributed by atoms with Gasteiger partial charge in [-0.15, -0.1) is 0 Å². The molecule has 1 aliphatic heterocycles. The Morgan fingerprint density at radius 3 is 2.28 bits per heavy atom. The van der Waals surface area contributed by atoms with Crippen molar-refractivity contribution in [3.8, 4) is 0 Å². The first kappa shape index (κ1) is 18.0. The SMILES string of the molecule is CN(C)c1ccc(N2CCC(Nc3nc(C(C)(C)C)ns3)CC2)cc1. The van der Waals surface area contributed by atoms with E-state index in [1.54, 1.807) is 0 Å². The van der Waals surface area contributed by atoms with Crippen LogP contribution >= 0.6 is 11.5 Å². The second-order valence-corrected chi connectivity index (χ2v) is 8.74. The number of nitrogens with one attached hydrogen (secondary N) is 1. The molecule has 2 aromatic rings. The summed E-state index contributed by atoms with van der Waals surface area (Å²) < 4.78 is 4.49. The summed E-state index contributed by atoms with van der Waals surface area (Å²) in [6, 6.07) is 9.31. The lowest BCUT2D eigenvalue weighted by Crippen LogP contribution is -2.39. The zero-order valence-electron chi connectivity index (χ0n) is 15.9. The Morgan fingerprint density at radius 2 is 1.76 bits per heavy atom. The van der Waals surface area contributed by atoms with Gasteiger partial charge in [-0.25, -0.2) is 4.98 Å². The molecule has 1 fully saturated rings. The molecule has 0 atom stereocenters. The summed E-state index contributed by atoms with van der Waals surface area (Å²) in [7, 11) is 4.15. The zero-order chi connectivity index (χ0) is 18.0. The van der Waals surface area contributed by atoms with Crippen molar-refractivity contribution in [2.24, 2.45) is 0 Å². The highest BCUT2D eigenvalue weighted by molar-refractivity contribution is 7.09. The van der Waals surface area contributed by atoms with E-state index in [2.05, 4.69) is 83.6 Å². The average molecular weight is 360 g/mol. The molecule has 1 aromatic carbocycles. The fourth-order valence-electron chi connectivity index (χ4n) is 3.00. The molecule has 6 heteroatoms. The maximum Gasteiger partial charge on any atom is 0.202 e. The molecule has 0 bridgehead atoms. The number of aromatic nitrogens is 2. The van der Waals surface area contributed by atoms with Crippen molar-refractivity contribution in [3.05, 3.63) is 30.1 Å². The van der Waals surface area contributed by atoms with Gasteiger partial charge in [0.05, 0.1) is 0 Å². The molecule has 0 radical (unpaired) electrons. The Kier molecular flexibility index (Phi) is 5.18. The van der Waals surface area contributed by atoms with Crippen molar-refractivity contribution in [2.75, 3.05) is 42.3 Å². The predicted molar refractivity (Wildman–Crippen MR) is 108 cm³/mol. The van der Waals surface area contributed by atoms with E-state index in [-0.39, 0.29) is 5.41 Å². The lowest BCUT2D eigenvalue weighted by molar-refractivity contribution is 0.524. The lowest BCUT2D eigenvalue weighted by atomic mass is 9.96. The molecule has 1 aromatic heterocycles. The molecule has 0 amide bonds. The standard InChI is InChI=1S/C19H29N5S/c1-19(2,3)17-21-18(25-22-17)20-14-10-12-24(13-11-14)16-8-6-15(7-9-16)23(4)5/h6-9,14H,10-13H2,1-5H3,(H,20,21,22). The first-order chi connectivity index (χ1) is 11.8. The van der Waals surface area contributed by atoms with Gasteiger partial charge in [0.15, 0.2) is 0 Å². The zero-order valence-corrected chi connectivity index (χ0v) is 16.7. The van der Waals surface area contributed by atoms with E-state index < -0.39 is 0 Å². The highest BCUT2D eigenvalue weighted by Crippen LogP contribution is 2.26. The summed E-state index contributed by atoms with van der Waals surface area (Å²) in [4.78, 5) is 9.26. The molecular weight excluding hydrogens is 330 g/mol. The van der Waals surface area contributed by atoms with Crippen LogP contribution < -0.4 is 15.1 Å². The minimum absolute atomic E-state index is 0.0124. The number of piperidine rings is 1. The van der Waals surface area contributed by atoms with Crippen LogP contribution in [0.2, 0.25) is 0 Å². The van der Waals surface area contributed by atoms with Crippen molar-refractivity contribution in [1.29, 1.82) is 0 Å². The highest BCUT2D eigenvalue weighted by atomic mass is 32.1. The molecule has 1 aliphatic rings. The van der Waals surface area contributed by atoms with E-state index in [4.69, 9.17) is 0 Å². The van der Waals surface area contributed by atoms with E-state index >= 15 is 0 Å². The summed E-state index contributed by atoms with van der Waals surface area (Å²) in [6.45, 7) is 8.60. The number of benzene rings is 1. The molecule has 1 saturated heterocycles. The van der Waals surface area contributed by atoms with Crippen LogP contribution in [-0.2, 0) is 5.41 Å². The Balaban J connectivity index is 1.54. The van der Waals surface area contributed by atoms with Gasteiger partial charge in [-0.05, 0) is 37.1 Å².